The molecule has 4 aliphatic rings. The van der Waals surface area contributed by atoms with Gasteiger partial charge in [-0.3, -0.25) is 14.6 Å². The molecule has 0 saturated carbocycles. The van der Waals surface area contributed by atoms with Gasteiger partial charge in [0, 0.05) is 32.8 Å². The Morgan fingerprint density at radius 3 is 2.45 bits per heavy atom. The lowest BCUT2D eigenvalue weighted by Gasteiger charge is -2.55. The van der Waals surface area contributed by atoms with Crippen molar-refractivity contribution >= 4 is 29.1 Å². The fraction of sp³-hybridized carbons (Fsp3) is 0.720. The van der Waals surface area contributed by atoms with Crippen LogP contribution in [0.15, 0.2) is 18.2 Å². The summed E-state index contributed by atoms with van der Waals surface area (Å²) in [5, 5.41) is 1.02. The Morgan fingerprint density at radius 1 is 0.939 bits per heavy atom. The smallest absolute Gasteiger partial charge is 0.227 e. The number of likely N-dealkylation sites (tertiary alicyclic amines) is 1. The van der Waals surface area contributed by atoms with Crippen LogP contribution in [0.25, 0.3) is 0 Å². The Labute approximate surface area is 207 Å². The number of ether oxygens (including phenoxy) is 2. The third-order valence-corrected chi connectivity index (χ3v) is 8.66. The molecule has 4 saturated heterocycles. The highest BCUT2D eigenvalue weighted by molar-refractivity contribution is 6.42. The summed E-state index contributed by atoms with van der Waals surface area (Å²) >= 11 is 12.3. The first kappa shape index (κ1) is 23.8. The summed E-state index contributed by atoms with van der Waals surface area (Å²) < 4.78 is 11.8. The zero-order chi connectivity index (χ0) is 22.8. The summed E-state index contributed by atoms with van der Waals surface area (Å²) in [7, 11) is 0. The number of hydrogen-bond donors (Lipinski definition) is 0. The van der Waals surface area contributed by atoms with E-state index in [1.54, 1.807) is 6.07 Å². The molecule has 0 spiro atoms. The van der Waals surface area contributed by atoms with Crippen molar-refractivity contribution in [1.29, 1.82) is 0 Å². The van der Waals surface area contributed by atoms with Crippen molar-refractivity contribution in [3.63, 3.8) is 0 Å². The topological polar surface area (TPSA) is 45.3 Å². The lowest BCUT2D eigenvalue weighted by Crippen LogP contribution is -2.71. The van der Waals surface area contributed by atoms with Crippen LogP contribution in [0.2, 0.25) is 10.0 Å². The molecular weight excluding hydrogens is 461 g/mol. The Bertz CT molecular complexity index is 829. The zero-order valence-electron chi connectivity index (χ0n) is 19.3. The van der Waals surface area contributed by atoms with Gasteiger partial charge < -0.3 is 14.4 Å². The number of benzene rings is 1. The fourth-order valence-electron chi connectivity index (χ4n) is 6.15. The maximum atomic E-state index is 13.6. The lowest BCUT2D eigenvalue weighted by molar-refractivity contribution is -0.153. The predicted octanol–water partition coefficient (Wildman–Crippen LogP) is 3.34. The van der Waals surface area contributed by atoms with Crippen molar-refractivity contribution in [3.8, 4) is 0 Å². The first-order valence-corrected chi connectivity index (χ1v) is 13.2. The van der Waals surface area contributed by atoms with Crippen molar-refractivity contribution in [2.75, 3.05) is 59.2 Å². The second-order valence-electron chi connectivity index (χ2n) is 9.97. The highest BCUT2D eigenvalue weighted by Gasteiger charge is 2.48. The number of hydrogen-bond acceptors (Lipinski definition) is 5. The molecule has 4 fully saturated rings. The average molecular weight is 496 g/mol. The number of rotatable bonds is 5. The van der Waals surface area contributed by atoms with Crippen LogP contribution < -0.4 is 0 Å². The molecule has 33 heavy (non-hydrogen) atoms. The maximum absolute atomic E-state index is 13.6. The normalized spacial score (nSPS) is 29.9. The van der Waals surface area contributed by atoms with E-state index in [0.717, 1.165) is 64.3 Å². The largest absolute Gasteiger partial charge is 0.381 e. The van der Waals surface area contributed by atoms with Crippen LogP contribution in [-0.4, -0.2) is 97.9 Å². The molecule has 3 atom stereocenters. The van der Waals surface area contributed by atoms with Gasteiger partial charge in [-0.15, -0.1) is 0 Å². The molecule has 8 heteroatoms. The predicted molar refractivity (Wildman–Crippen MR) is 130 cm³/mol. The highest BCUT2D eigenvalue weighted by atomic mass is 35.5. The van der Waals surface area contributed by atoms with Crippen LogP contribution in [-0.2, 0) is 20.7 Å². The summed E-state index contributed by atoms with van der Waals surface area (Å²) in [6.07, 6.45) is 5.08. The quantitative estimate of drug-likeness (QED) is 0.626. The lowest BCUT2D eigenvalue weighted by atomic mass is 9.89. The molecule has 0 radical (unpaired) electrons. The van der Waals surface area contributed by atoms with Crippen LogP contribution >= 0.6 is 23.2 Å². The van der Waals surface area contributed by atoms with Gasteiger partial charge in [0.15, 0.2) is 0 Å². The van der Waals surface area contributed by atoms with E-state index in [1.165, 1.54) is 12.8 Å². The Kier molecular flexibility index (Phi) is 7.80. The molecule has 5 rings (SSSR count). The second-order valence-corrected chi connectivity index (χ2v) is 10.8. The van der Waals surface area contributed by atoms with Gasteiger partial charge in [-0.2, -0.15) is 0 Å². The van der Waals surface area contributed by atoms with E-state index in [9.17, 15) is 4.79 Å². The summed E-state index contributed by atoms with van der Waals surface area (Å²) in [5.41, 5.74) is 0.917. The van der Waals surface area contributed by atoms with E-state index in [1.807, 2.05) is 12.1 Å². The van der Waals surface area contributed by atoms with E-state index < -0.39 is 0 Å². The van der Waals surface area contributed by atoms with Crippen LogP contribution in [0.1, 0.15) is 31.2 Å². The van der Waals surface area contributed by atoms with Gasteiger partial charge in [0.1, 0.15) is 0 Å². The summed E-state index contributed by atoms with van der Waals surface area (Å²) in [4.78, 5) is 21.0. The van der Waals surface area contributed by atoms with E-state index in [4.69, 9.17) is 32.7 Å². The van der Waals surface area contributed by atoms with Crippen LogP contribution in [0, 0.1) is 5.92 Å². The van der Waals surface area contributed by atoms with Crippen molar-refractivity contribution < 1.29 is 14.3 Å². The molecule has 0 aromatic heterocycles. The first-order chi connectivity index (χ1) is 16.1. The minimum absolute atomic E-state index is 0.167. The third kappa shape index (κ3) is 5.36. The molecule has 6 nitrogen and oxygen atoms in total. The van der Waals surface area contributed by atoms with Gasteiger partial charge in [-0.25, -0.2) is 0 Å². The van der Waals surface area contributed by atoms with E-state index in [2.05, 4.69) is 14.7 Å². The standard InChI is InChI=1S/C25H35Cl2N3O3/c26-20-4-3-19(13-21(20)27)14-24(31)30-10-9-29(15-18-5-11-32-12-6-18)23-17-33-16-22(25(23)30)28-7-1-2-8-28/h3-4,13,18,22-23,25H,1-2,5-12,14-17H2/t22-,23+,25+/m0/s1. The Balaban J connectivity index is 1.36. The van der Waals surface area contributed by atoms with Crippen LogP contribution in [0.3, 0.4) is 0 Å². The summed E-state index contributed by atoms with van der Waals surface area (Å²) in [6.45, 7) is 8.11. The Hall–Kier alpha value is -0.890. The SMILES string of the molecule is O=C(Cc1ccc(Cl)c(Cl)c1)N1CCN(CC2CCOCC2)[C@@H]2COC[C@H](N3CCCC3)[C@H]21. The summed E-state index contributed by atoms with van der Waals surface area (Å²) in [5.74, 6) is 0.852. The van der Waals surface area contributed by atoms with Gasteiger partial charge in [0.25, 0.3) is 0 Å². The van der Waals surface area contributed by atoms with Gasteiger partial charge >= 0.3 is 0 Å². The molecule has 0 bridgehead atoms. The van der Waals surface area contributed by atoms with Gasteiger partial charge in [0.05, 0.1) is 47.8 Å². The average Bonchev–Trinajstić information content (AvgIpc) is 3.37. The van der Waals surface area contributed by atoms with Crippen LogP contribution in [0.5, 0.6) is 0 Å². The molecule has 1 aromatic rings. The fourth-order valence-corrected chi connectivity index (χ4v) is 6.47. The molecule has 4 aliphatic heterocycles. The van der Waals surface area contributed by atoms with E-state index >= 15 is 0 Å². The van der Waals surface area contributed by atoms with Crippen molar-refractivity contribution in [2.45, 2.75) is 50.2 Å². The number of piperazine rings is 1. The van der Waals surface area contributed by atoms with E-state index in [0.29, 0.717) is 35.6 Å². The molecule has 1 aromatic carbocycles. The van der Waals surface area contributed by atoms with Crippen molar-refractivity contribution in [3.05, 3.63) is 33.8 Å². The number of amides is 1. The monoisotopic (exact) mass is 495 g/mol. The molecular formula is C25H35Cl2N3O3. The molecule has 1 amide bonds. The number of nitrogens with zero attached hydrogens (tertiary/aromatic N) is 3. The van der Waals surface area contributed by atoms with Gasteiger partial charge in [-0.1, -0.05) is 29.3 Å². The molecule has 0 N–H and O–H groups in total. The molecule has 0 aliphatic carbocycles. The number of carbonyl (C=O) groups is 1. The number of halogens is 2. The van der Waals surface area contributed by atoms with Crippen molar-refractivity contribution in [1.82, 2.24) is 14.7 Å². The van der Waals surface area contributed by atoms with Gasteiger partial charge in [-0.05, 0) is 62.4 Å². The van der Waals surface area contributed by atoms with Crippen molar-refractivity contribution in [2.24, 2.45) is 5.92 Å². The third-order valence-electron chi connectivity index (χ3n) is 7.93. The highest BCUT2D eigenvalue weighted by Crippen LogP contribution is 2.32. The molecule has 0 unspecified atom stereocenters. The van der Waals surface area contributed by atoms with Gasteiger partial charge in [0.2, 0.25) is 5.91 Å². The second kappa shape index (κ2) is 10.8. The number of fused-ring (bicyclic) bond motifs is 1. The molecule has 4 heterocycles. The minimum atomic E-state index is 0.167. The Morgan fingerprint density at radius 2 is 1.70 bits per heavy atom. The maximum Gasteiger partial charge on any atom is 0.227 e. The first-order valence-electron chi connectivity index (χ1n) is 12.5. The summed E-state index contributed by atoms with van der Waals surface area (Å²) in [6, 6.07) is 6.19. The van der Waals surface area contributed by atoms with Crippen LogP contribution in [0.4, 0.5) is 0 Å². The molecule has 182 valence electrons. The van der Waals surface area contributed by atoms with E-state index in [-0.39, 0.29) is 24.0 Å². The zero-order valence-corrected chi connectivity index (χ0v) is 20.8. The minimum Gasteiger partial charge on any atom is -0.381 e. The number of carbonyl (C=O) groups excluding carboxylic acids is 1.